The third kappa shape index (κ3) is 12.1. The van der Waals surface area contributed by atoms with Gasteiger partial charge in [0.1, 0.15) is 23.0 Å². The standard InChI is InChI=1S/C74H100O9P2/c1-67(2,3)47-33-43(34-48(61(47)76-25)68(4,5)6)84(44-35-49(69(7,8)9)62(77-26)50(36-44)70(10,11)12)57-31-29-55-65(82-41-80-55)59(57)60-58(32-30-56-66(60)83-42-81-56)85(75,45-37-51(71(13,14)15)63(78-27)52(38-45)72(16,17)18)46-39-53(73(19,20)21)64(79-28)54(40-46)74(22,23)24/h29-40H,41-42H2,1-28H3. The lowest BCUT2D eigenvalue weighted by atomic mass is 9.79. The molecule has 0 saturated carbocycles. The zero-order valence-corrected chi connectivity index (χ0v) is 58.7. The Bertz CT molecular complexity index is 3290. The summed E-state index contributed by atoms with van der Waals surface area (Å²) in [4.78, 5) is 0. The molecule has 85 heavy (non-hydrogen) atoms. The first-order chi connectivity index (χ1) is 38.9. The normalized spacial score (nSPS) is 14.3. The van der Waals surface area contributed by atoms with Crippen LogP contribution in [-0.2, 0) is 47.9 Å². The van der Waals surface area contributed by atoms with Gasteiger partial charge in [-0.25, -0.2) is 0 Å². The quantitative estimate of drug-likeness (QED) is 0.118. The first-order valence-corrected chi connectivity index (χ1v) is 33.2. The van der Waals surface area contributed by atoms with E-state index in [1.165, 1.54) is 0 Å². The lowest BCUT2D eigenvalue weighted by Crippen LogP contribution is -2.33. The largest absolute Gasteiger partial charge is 0.496 e. The van der Waals surface area contributed by atoms with E-state index in [4.69, 9.17) is 37.9 Å². The van der Waals surface area contributed by atoms with E-state index in [9.17, 15) is 0 Å². The van der Waals surface area contributed by atoms with Crippen molar-refractivity contribution in [2.45, 2.75) is 209 Å². The minimum atomic E-state index is -4.19. The number of methoxy groups -OCH3 is 4. The summed E-state index contributed by atoms with van der Waals surface area (Å²) >= 11 is 0. The van der Waals surface area contributed by atoms with Crippen LogP contribution in [0.15, 0.2) is 72.8 Å². The molecular weight excluding hydrogens is 1090 g/mol. The fraction of sp³-hybridized carbons (Fsp3) is 0.514. The number of fused-ring (bicyclic) bond motifs is 2. The Balaban J connectivity index is 1.70. The molecule has 6 aromatic carbocycles. The molecule has 0 atom stereocenters. The fourth-order valence-electron chi connectivity index (χ4n) is 12.1. The molecular formula is C74H100O9P2. The Morgan fingerprint density at radius 3 is 0.882 bits per heavy atom. The number of hydrogen-bond acceptors (Lipinski definition) is 9. The summed E-state index contributed by atoms with van der Waals surface area (Å²) in [6.07, 6.45) is 0. The van der Waals surface area contributed by atoms with E-state index in [1.54, 1.807) is 28.4 Å². The van der Waals surface area contributed by atoms with Gasteiger partial charge in [0, 0.05) is 71.5 Å². The zero-order valence-electron chi connectivity index (χ0n) is 56.9. The van der Waals surface area contributed by atoms with Crippen LogP contribution in [0, 0.1) is 0 Å². The monoisotopic (exact) mass is 1190 g/mol. The van der Waals surface area contributed by atoms with Crippen LogP contribution in [-0.4, -0.2) is 42.0 Å². The highest BCUT2D eigenvalue weighted by Crippen LogP contribution is 2.59. The van der Waals surface area contributed by atoms with Crippen molar-refractivity contribution in [2.75, 3.05) is 42.0 Å². The average Bonchev–Trinajstić information content (AvgIpc) is 1.59. The van der Waals surface area contributed by atoms with Gasteiger partial charge in [0.05, 0.1) is 28.4 Å². The van der Waals surface area contributed by atoms with Gasteiger partial charge in [0.25, 0.3) is 0 Å². The fourth-order valence-corrected chi connectivity index (χ4v) is 17.6. The van der Waals surface area contributed by atoms with Crippen molar-refractivity contribution < 1.29 is 42.5 Å². The maximum atomic E-state index is 18.9. The van der Waals surface area contributed by atoms with Gasteiger partial charge < -0.3 is 42.5 Å². The molecule has 0 bridgehead atoms. The van der Waals surface area contributed by atoms with E-state index in [1.807, 2.05) is 12.1 Å². The second-order valence-electron chi connectivity index (χ2n) is 31.6. The van der Waals surface area contributed by atoms with Gasteiger partial charge >= 0.3 is 0 Å². The van der Waals surface area contributed by atoms with Crippen LogP contribution < -0.4 is 69.7 Å². The Labute approximate surface area is 512 Å². The van der Waals surface area contributed by atoms with Crippen molar-refractivity contribution in [3.05, 3.63) is 117 Å². The Hall–Kier alpha value is -5.62. The van der Waals surface area contributed by atoms with Crippen LogP contribution in [0.3, 0.4) is 0 Å². The van der Waals surface area contributed by atoms with E-state index >= 15 is 4.57 Å². The van der Waals surface area contributed by atoms with E-state index < -0.39 is 36.7 Å². The van der Waals surface area contributed by atoms with Crippen molar-refractivity contribution in [1.29, 1.82) is 0 Å². The van der Waals surface area contributed by atoms with E-state index in [-0.39, 0.29) is 35.2 Å². The van der Waals surface area contributed by atoms with Crippen molar-refractivity contribution in [3.8, 4) is 57.1 Å². The van der Waals surface area contributed by atoms with Crippen molar-refractivity contribution in [2.24, 2.45) is 0 Å². The third-order valence-corrected chi connectivity index (χ3v) is 22.1. The molecule has 0 spiro atoms. The van der Waals surface area contributed by atoms with Crippen molar-refractivity contribution >= 4 is 46.9 Å². The van der Waals surface area contributed by atoms with Gasteiger partial charge in [-0.15, -0.1) is 0 Å². The summed E-state index contributed by atoms with van der Waals surface area (Å²) in [6, 6.07) is 26.4. The first-order valence-electron chi connectivity index (χ1n) is 30.1. The Morgan fingerprint density at radius 2 is 0.612 bits per heavy atom. The third-order valence-electron chi connectivity index (χ3n) is 16.7. The highest BCUT2D eigenvalue weighted by Gasteiger charge is 2.45. The maximum absolute atomic E-state index is 18.9. The van der Waals surface area contributed by atoms with Crippen molar-refractivity contribution in [3.63, 3.8) is 0 Å². The molecule has 0 N–H and O–H groups in total. The first kappa shape index (κ1) is 65.4. The van der Waals surface area contributed by atoms with Crippen molar-refractivity contribution in [1.82, 2.24) is 0 Å². The van der Waals surface area contributed by atoms with Gasteiger partial charge in [-0.2, -0.15) is 0 Å². The highest BCUT2D eigenvalue weighted by molar-refractivity contribution is 7.85. The molecule has 6 aromatic rings. The summed E-state index contributed by atoms with van der Waals surface area (Å²) in [5, 5.41) is 5.11. The molecule has 0 saturated heterocycles. The van der Waals surface area contributed by atoms with E-state index in [2.05, 4.69) is 227 Å². The summed E-state index contributed by atoms with van der Waals surface area (Å²) in [5.74, 6) is 5.49. The second-order valence-corrected chi connectivity index (χ2v) is 36.5. The van der Waals surface area contributed by atoms with Crippen LogP contribution in [0.25, 0.3) is 11.1 Å². The molecule has 0 aliphatic carbocycles. The zero-order chi connectivity index (χ0) is 63.5. The lowest BCUT2D eigenvalue weighted by Gasteiger charge is -2.35. The summed E-state index contributed by atoms with van der Waals surface area (Å²) in [5.41, 5.74) is 6.53. The molecule has 0 radical (unpaired) electrons. The van der Waals surface area contributed by atoms with Gasteiger partial charge in [0.2, 0.25) is 13.6 Å². The Morgan fingerprint density at radius 1 is 0.353 bits per heavy atom. The second kappa shape index (κ2) is 22.2. The smallest absolute Gasteiger partial charge is 0.231 e. The van der Waals surface area contributed by atoms with E-state index in [0.29, 0.717) is 44.5 Å². The molecule has 0 fully saturated rings. The van der Waals surface area contributed by atoms with Crippen LogP contribution >= 0.6 is 15.1 Å². The molecule has 2 aliphatic heterocycles. The molecule has 8 rings (SSSR count). The molecule has 0 amide bonds. The van der Waals surface area contributed by atoms with E-state index in [0.717, 1.165) is 89.0 Å². The minimum absolute atomic E-state index is 0.0103. The molecule has 2 heterocycles. The number of benzene rings is 6. The summed E-state index contributed by atoms with van der Waals surface area (Å²) in [6.45, 7) is 53.5. The highest BCUT2D eigenvalue weighted by atomic mass is 31.2. The maximum Gasteiger partial charge on any atom is 0.231 e. The van der Waals surface area contributed by atoms with Crippen LogP contribution in [0.2, 0.25) is 0 Å². The minimum Gasteiger partial charge on any atom is -0.496 e. The SMILES string of the molecule is COc1c(C(C)(C)C)cc(P(c2cc(C(C)(C)C)c(OC)c(C(C)(C)C)c2)c2ccc3c(c2-c2c(P(=O)(c4cc(C(C)(C)C)c(OC)c(C(C)(C)C)c4)c4cc(C(C)(C)C)c(OC)c(C(C)(C)C)c4)ccc4c2OCO4)OCO3)cc1C(C)(C)C. The topological polar surface area (TPSA) is 90.9 Å². The summed E-state index contributed by atoms with van der Waals surface area (Å²) in [7, 11) is 1.28. The molecule has 9 nitrogen and oxygen atoms in total. The van der Waals surface area contributed by atoms with Crippen LogP contribution in [0.4, 0.5) is 0 Å². The predicted molar refractivity (Wildman–Crippen MR) is 358 cm³/mol. The predicted octanol–water partition coefficient (Wildman–Crippen LogP) is 16.6. The van der Waals surface area contributed by atoms with Gasteiger partial charge in [0.15, 0.2) is 30.1 Å². The molecule has 2 aliphatic rings. The number of hydrogen-bond donors (Lipinski definition) is 0. The number of rotatable bonds is 11. The average molecular weight is 1200 g/mol. The van der Waals surface area contributed by atoms with Crippen LogP contribution in [0.5, 0.6) is 46.0 Å². The molecule has 11 heteroatoms. The molecule has 0 aromatic heterocycles. The van der Waals surface area contributed by atoms with Crippen LogP contribution in [0.1, 0.15) is 211 Å². The molecule has 0 unspecified atom stereocenters. The van der Waals surface area contributed by atoms with Gasteiger partial charge in [-0.1, -0.05) is 166 Å². The summed E-state index contributed by atoms with van der Waals surface area (Å²) < 4.78 is 71.6. The number of ether oxygens (including phenoxy) is 8. The lowest BCUT2D eigenvalue weighted by molar-refractivity contribution is 0.173. The Kier molecular flexibility index (Phi) is 17.1. The van der Waals surface area contributed by atoms with Gasteiger partial charge in [-0.3, -0.25) is 0 Å². The van der Waals surface area contributed by atoms with Gasteiger partial charge in [-0.05, 0) is 140 Å². The molecule has 460 valence electrons.